The molecule has 0 aliphatic carbocycles. The van der Waals surface area contributed by atoms with Crippen molar-refractivity contribution in [1.82, 2.24) is 0 Å². The van der Waals surface area contributed by atoms with Gasteiger partial charge in [0.2, 0.25) is 0 Å². The van der Waals surface area contributed by atoms with E-state index in [0.717, 1.165) is 0 Å². The molecule has 0 rings (SSSR count). The van der Waals surface area contributed by atoms with Gasteiger partial charge in [0, 0.05) is 0 Å². The van der Waals surface area contributed by atoms with Crippen LogP contribution in [-0.4, -0.2) is 42.8 Å². The first-order valence-corrected chi connectivity index (χ1v) is 5.26. The Kier molecular flexibility index (Phi) is 6.06. The van der Waals surface area contributed by atoms with Crippen molar-refractivity contribution in [2.24, 2.45) is 0 Å². The zero-order valence-electron chi connectivity index (χ0n) is 10.7. The van der Waals surface area contributed by atoms with E-state index in [2.05, 4.69) is 4.74 Å². The minimum atomic E-state index is -7.27. The average molecular weight is 383 g/mol. The van der Waals surface area contributed by atoms with Gasteiger partial charge in [-0.2, -0.15) is 53.6 Å². The molecule has 0 N–H and O–H groups in total. The summed E-state index contributed by atoms with van der Waals surface area (Å²) in [5.41, 5.74) is 0. The zero-order valence-corrected chi connectivity index (χ0v) is 10.7. The molecule has 24 heavy (non-hydrogen) atoms. The summed E-state index contributed by atoms with van der Waals surface area (Å²) < 4.78 is 142. The molecule has 0 fully saturated rings. The van der Waals surface area contributed by atoms with Crippen molar-refractivity contribution >= 4 is 5.97 Å². The highest BCUT2D eigenvalue weighted by molar-refractivity contribution is 5.78. The van der Waals surface area contributed by atoms with Crippen LogP contribution < -0.4 is 0 Å². The number of ether oxygens (including phenoxy) is 2. The molecule has 0 heterocycles. The number of esters is 1. The first-order chi connectivity index (χ1) is 10.4. The van der Waals surface area contributed by atoms with E-state index in [1.807, 2.05) is 4.74 Å². The SMILES string of the molecule is N#CCCOC(=O)[C@](F)(OC(F)(F)C(F)(F)C(F)(F)F)C(F)(F)F. The molecule has 0 aromatic heterocycles. The molecule has 4 nitrogen and oxygen atoms in total. The van der Waals surface area contributed by atoms with E-state index in [9.17, 15) is 53.1 Å². The van der Waals surface area contributed by atoms with E-state index in [1.165, 1.54) is 6.07 Å². The molecule has 1 atom stereocenters. The van der Waals surface area contributed by atoms with Gasteiger partial charge in [0.1, 0.15) is 6.61 Å². The highest BCUT2D eigenvalue weighted by atomic mass is 19.4. The Hall–Kier alpha value is -1.85. The Morgan fingerprint density at radius 1 is 0.875 bits per heavy atom. The fourth-order valence-corrected chi connectivity index (χ4v) is 0.903. The normalized spacial score (nSPS) is 16.2. The fourth-order valence-electron chi connectivity index (χ4n) is 0.903. The van der Waals surface area contributed by atoms with Gasteiger partial charge < -0.3 is 4.74 Å². The molecule has 0 aromatic rings. The van der Waals surface area contributed by atoms with Crippen molar-refractivity contribution in [1.29, 1.82) is 5.26 Å². The van der Waals surface area contributed by atoms with E-state index in [0.29, 0.717) is 0 Å². The van der Waals surface area contributed by atoms with Crippen LogP contribution in [0.25, 0.3) is 0 Å². The van der Waals surface area contributed by atoms with E-state index in [1.54, 1.807) is 0 Å². The molecule has 0 aliphatic heterocycles. The van der Waals surface area contributed by atoms with Crippen LogP contribution in [-0.2, 0) is 14.3 Å². The minimum absolute atomic E-state index is 0.866. The monoisotopic (exact) mass is 383 g/mol. The van der Waals surface area contributed by atoms with Crippen molar-refractivity contribution in [2.45, 2.75) is 36.7 Å². The number of hydrogen-bond acceptors (Lipinski definition) is 4. The first kappa shape index (κ1) is 22.1. The summed E-state index contributed by atoms with van der Waals surface area (Å²) in [5, 5.41) is 7.99. The molecule has 0 aliphatic rings. The molecule has 0 saturated carbocycles. The van der Waals surface area contributed by atoms with Crippen LogP contribution in [0.3, 0.4) is 0 Å². The molecule has 0 amide bonds. The summed E-state index contributed by atoms with van der Waals surface area (Å²) in [5.74, 6) is -17.0. The van der Waals surface area contributed by atoms with E-state index >= 15 is 0 Å². The summed E-state index contributed by atoms with van der Waals surface area (Å²) in [7, 11) is 0. The Morgan fingerprint density at radius 2 is 1.33 bits per heavy atom. The summed E-state index contributed by atoms with van der Waals surface area (Å²) in [4.78, 5) is 10.8. The molecule has 0 bridgehead atoms. The predicted octanol–water partition coefficient (Wildman–Crippen LogP) is 3.48. The molecule has 0 spiro atoms. The number of carbonyl (C=O) groups is 1. The molecule has 140 valence electrons. The second-order valence-electron chi connectivity index (χ2n) is 3.83. The van der Waals surface area contributed by atoms with Crippen LogP contribution in [0.5, 0.6) is 0 Å². The topological polar surface area (TPSA) is 59.3 Å². The lowest BCUT2D eigenvalue weighted by Gasteiger charge is -2.33. The molecular weight excluding hydrogens is 379 g/mol. The van der Waals surface area contributed by atoms with Gasteiger partial charge in [-0.15, -0.1) is 0 Å². The van der Waals surface area contributed by atoms with Gasteiger partial charge >= 0.3 is 36.2 Å². The van der Waals surface area contributed by atoms with Crippen molar-refractivity contribution in [3.8, 4) is 6.07 Å². The standard InChI is InChI=1S/C9H4F11NO3/c10-5(7(13,14)15,4(22)23-3-1-2-21)24-9(19,20)6(11,12)8(16,17)18/h1,3H2/t5-/m0/s1. The summed E-state index contributed by atoms with van der Waals surface area (Å²) in [6.45, 7) is -1.30. The van der Waals surface area contributed by atoms with Crippen LogP contribution in [0, 0.1) is 11.3 Å². The Labute approximate surface area is 124 Å². The van der Waals surface area contributed by atoms with Gasteiger partial charge in [-0.3, -0.25) is 4.74 Å². The Morgan fingerprint density at radius 3 is 1.67 bits per heavy atom. The molecule has 0 radical (unpaired) electrons. The fraction of sp³-hybridized carbons (Fsp3) is 0.778. The number of nitriles is 1. The largest absolute Gasteiger partial charge is 0.462 e. The lowest BCUT2D eigenvalue weighted by Crippen LogP contribution is -2.61. The van der Waals surface area contributed by atoms with Crippen LogP contribution in [0.15, 0.2) is 0 Å². The number of alkyl halides is 11. The van der Waals surface area contributed by atoms with Crippen LogP contribution in [0.4, 0.5) is 48.3 Å². The van der Waals surface area contributed by atoms with Crippen molar-refractivity contribution in [3.63, 3.8) is 0 Å². The smallest absolute Gasteiger partial charge is 0.460 e. The summed E-state index contributed by atoms with van der Waals surface area (Å²) in [6.07, 6.45) is -21.9. The van der Waals surface area contributed by atoms with Crippen molar-refractivity contribution < 1.29 is 62.6 Å². The number of halogens is 11. The highest BCUT2D eigenvalue weighted by Crippen LogP contribution is 2.51. The van der Waals surface area contributed by atoms with Crippen LogP contribution >= 0.6 is 0 Å². The third-order valence-corrected chi connectivity index (χ3v) is 2.06. The predicted molar refractivity (Wildman–Crippen MR) is 48.1 cm³/mol. The van der Waals surface area contributed by atoms with Crippen LogP contribution in [0.1, 0.15) is 6.42 Å². The number of hydrogen-bond donors (Lipinski definition) is 0. The van der Waals surface area contributed by atoms with E-state index in [4.69, 9.17) is 5.26 Å². The third-order valence-electron chi connectivity index (χ3n) is 2.06. The highest BCUT2D eigenvalue weighted by Gasteiger charge is 2.80. The van der Waals surface area contributed by atoms with Gasteiger partial charge in [0.15, 0.2) is 0 Å². The lowest BCUT2D eigenvalue weighted by atomic mass is 10.2. The van der Waals surface area contributed by atoms with Gasteiger partial charge in [-0.05, 0) is 0 Å². The zero-order chi connectivity index (χ0) is 19.6. The maximum Gasteiger partial charge on any atom is 0.462 e. The summed E-state index contributed by atoms with van der Waals surface area (Å²) >= 11 is 0. The van der Waals surface area contributed by atoms with E-state index < -0.39 is 49.2 Å². The van der Waals surface area contributed by atoms with Gasteiger partial charge in [0.25, 0.3) is 0 Å². The molecule has 15 heteroatoms. The van der Waals surface area contributed by atoms with Gasteiger partial charge in [-0.25, -0.2) is 4.79 Å². The Bertz CT molecular complexity index is 506. The quantitative estimate of drug-likeness (QED) is 0.401. The van der Waals surface area contributed by atoms with Gasteiger partial charge in [0.05, 0.1) is 12.5 Å². The van der Waals surface area contributed by atoms with E-state index in [-0.39, 0.29) is 0 Å². The minimum Gasteiger partial charge on any atom is -0.460 e. The molecule has 0 saturated heterocycles. The second-order valence-corrected chi connectivity index (χ2v) is 3.83. The van der Waals surface area contributed by atoms with Crippen LogP contribution in [0.2, 0.25) is 0 Å². The summed E-state index contributed by atoms with van der Waals surface area (Å²) in [6, 6.07) is 1.17. The Balaban J connectivity index is 5.74. The number of nitrogens with zero attached hydrogens (tertiary/aromatic N) is 1. The maximum atomic E-state index is 13.4. The molecule has 0 aromatic carbocycles. The van der Waals surface area contributed by atoms with Crippen molar-refractivity contribution in [3.05, 3.63) is 0 Å². The maximum absolute atomic E-state index is 13.4. The number of rotatable bonds is 6. The second kappa shape index (κ2) is 6.57. The lowest BCUT2D eigenvalue weighted by molar-refractivity contribution is -0.475. The molecular formula is C9H4F11NO3. The van der Waals surface area contributed by atoms with Crippen molar-refractivity contribution in [2.75, 3.05) is 6.61 Å². The first-order valence-electron chi connectivity index (χ1n) is 5.26. The molecule has 0 unspecified atom stereocenters. The third kappa shape index (κ3) is 4.16. The average Bonchev–Trinajstić information content (AvgIpc) is 2.35. The van der Waals surface area contributed by atoms with Gasteiger partial charge in [-0.1, -0.05) is 0 Å². The number of carbonyl (C=O) groups excluding carboxylic acids is 1.